The molecule has 2 atom stereocenters. The molecule has 2 heterocycles. The average Bonchev–Trinajstić information content (AvgIpc) is 3.27. The van der Waals surface area contributed by atoms with Crippen LogP contribution in [0.25, 0.3) is 0 Å². The molecule has 0 spiro atoms. The van der Waals surface area contributed by atoms with Gasteiger partial charge in [-0.15, -0.1) is 0 Å². The molecule has 4 nitrogen and oxygen atoms in total. The van der Waals surface area contributed by atoms with Gasteiger partial charge in [0.2, 0.25) is 5.91 Å². The quantitative estimate of drug-likeness (QED) is 0.791. The Morgan fingerprint density at radius 2 is 2.00 bits per heavy atom. The van der Waals surface area contributed by atoms with Crippen molar-refractivity contribution in [1.82, 2.24) is 9.80 Å². The molecule has 0 aromatic heterocycles. The van der Waals surface area contributed by atoms with E-state index in [4.69, 9.17) is 4.74 Å². The topological polar surface area (TPSA) is 32.8 Å². The molecule has 0 unspecified atom stereocenters. The zero-order chi connectivity index (χ0) is 17.8. The average molecular weight is 348 g/mol. The summed E-state index contributed by atoms with van der Waals surface area (Å²) in [6, 6.07) is 5.83. The van der Waals surface area contributed by atoms with E-state index in [1.807, 2.05) is 6.07 Å². The fourth-order valence-corrected chi connectivity index (χ4v) is 4.44. The largest absolute Gasteiger partial charge is 0.494 e. The molecule has 1 aromatic rings. The third-order valence-corrected chi connectivity index (χ3v) is 5.73. The Morgan fingerprint density at radius 3 is 2.72 bits per heavy atom. The summed E-state index contributed by atoms with van der Waals surface area (Å²) in [5.74, 6) is 0.0910. The Bertz CT molecular complexity index is 607. The predicted molar refractivity (Wildman–Crippen MR) is 96.3 cm³/mol. The summed E-state index contributed by atoms with van der Waals surface area (Å²) in [6.45, 7) is 5.30. The molecule has 2 saturated heterocycles. The van der Waals surface area contributed by atoms with E-state index >= 15 is 0 Å². The highest BCUT2D eigenvalue weighted by Gasteiger charge is 2.38. The molecular formula is C20H29FN2O2. The van der Waals surface area contributed by atoms with E-state index in [-0.39, 0.29) is 17.5 Å². The minimum atomic E-state index is -0.365. The molecule has 2 aliphatic rings. The number of nitrogens with zero attached hydrogens (tertiary/aromatic N) is 2. The highest BCUT2D eigenvalue weighted by molar-refractivity contribution is 5.77. The first-order chi connectivity index (χ1) is 12.1. The first kappa shape index (κ1) is 18.2. The number of carbonyl (C=O) groups is 1. The lowest BCUT2D eigenvalue weighted by molar-refractivity contribution is -0.133. The van der Waals surface area contributed by atoms with Crippen LogP contribution in [0.4, 0.5) is 4.39 Å². The smallest absolute Gasteiger partial charge is 0.223 e. The highest BCUT2D eigenvalue weighted by Crippen LogP contribution is 2.30. The van der Waals surface area contributed by atoms with Crippen LogP contribution in [0.3, 0.4) is 0 Å². The number of ether oxygens (including phenoxy) is 1. The molecule has 138 valence electrons. The molecular weight excluding hydrogens is 319 g/mol. The van der Waals surface area contributed by atoms with E-state index in [1.165, 1.54) is 26.0 Å². The second-order valence-electron chi connectivity index (χ2n) is 7.10. The van der Waals surface area contributed by atoms with Gasteiger partial charge in [-0.3, -0.25) is 9.69 Å². The van der Waals surface area contributed by atoms with Crippen molar-refractivity contribution in [2.75, 3.05) is 26.7 Å². The van der Waals surface area contributed by atoms with E-state index in [2.05, 4.69) is 16.7 Å². The van der Waals surface area contributed by atoms with Crippen LogP contribution in [0, 0.1) is 5.82 Å². The SMILES string of the molecule is CCN1CCC[C@@H]1[C@@H]1CCCN1C(=O)CCc1ccc(OC)c(F)c1. The highest BCUT2D eigenvalue weighted by atomic mass is 19.1. The van der Waals surface area contributed by atoms with Crippen molar-refractivity contribution in [2.45, 2.75) is 57.5 Å². The number of hydrogen-bond acceptors (Lipinski definition) is 3. The van der Waals surface area contributed by atoms with Gasteiger partial charge in [0.15, 0.2) is 11.6 Å². The fraction of sp³-hybridized carbons (Fsp3) is 0.650. The molecule has 0 radical (unpaired) electrons. The number of rotatable bonds is 6. The summed E-state index contributed by atoms with van der Waals surface area (Å²) in [5.41, 5.74) is 0.846. The zero-order valence-electron chi connectivity index (χ0n) is 15.3. The summed E-state index contributed by atoms with van der Waals surface area (Å²) in [5, 5.41) is 0. The van der Waals surface area contributed by atoms with Crippen LogP contribution in [0.15, 0.2) is 18.2 Å². The molecule has 0 saturated carbocycles. The van der Waals surface area contributed by atoms with Gasteiger partial charge in [0.1, 0.15) is 0 Å². The zero-order valence-corrected chi connectivity index (χ0v) is 15.3. The van der Waals surface area contributed by atoms with E-state index in [0.29, 0.717) is 24.9 Å². The van der Waals surface area contributed by atoms with Crippen molar-refractivity contribution >= 4 is 5.91 Å². The third kappa shape index (κ3) is 3.97. The minimum absolute atomic E-state index is 0.210. The van der Waals surface area contributed by atoms with Crippen molar-refractivity contribution in [3.05, 3.63) is 29.6 Å². The number of likely N-dealkylation sites (tertiary alicyclic amines) is 2. The third-order valence-electron chi connectivity index (χ3n) is 5.73. The Labute approximate surface area is 149 Å². The number of amides is 1. The van der Waals surface area contributed by atoms with Crippen LogP contribution in [0.5, 0.6) is 5.75 Å². The van der Waals surface area contributed by atoms with Gasteiger partial charge in [-0.2, -0.15) is 0 Å². The molecule has 0 aliphatic carbocycles. The van der Waals surface area contributed by atoms with E-state index in [1.54, 1.807) is 6.07 Å². The van der Waals surface area contributed by atoms with E-state index in [0.717, 1.165) is 38.0 Å². The number of halogens is 1. The molecule has 0 N–H and O–H groups in total. The molecule has 25 heavy (non-hydrogen) atoms. The molecule has 2 aliphatic heterocycles. The number of aryl methyl sites for hydroxylation is 1. The van der Waals surface area contributed by atoms with E-state index < -0.39 is 0 Å². The van der Waals surface area contributed by atoms with Gasteiger partial charge in [-0.25, -0.2) is 4.39 Å². The number of carbonyl (C=O) groups excluding carboxylic acids is 1. The van der Waals surface area contributed by atoms with Crippen LogP contribution < -0.4 is 4.74 Å². The molecule has 1 amide bonds. The lowest BCUT2D eigenvalue weighted by Gasteiger charge is -2.34. The van der Waals surface area contributed by atoms with Gasteiger partial charge >= 0.3 is 0 Å². The minimum Gasteiger partial charge on any atom is -0.494 e. The fourth-order valence-electron chi connectivity index (χ4n) is 4.44. The summed E-state index contributed by atoms with van der Waals surface area (Å²) < 4.78 is 18.7. The summed E-state index contributed by atoms with van der Waals surface area (Å²) >= 11 is 0. The van der Waals surface area contributed by atoms with Gasteiger partial charge in [0, 0.05) is 25.0 Å². The van der Waals surface area contributed by atoms with Crippen molar-refractivity contribution in [3.63, 3.8) is 0 Å². The lowest BCUT2D eigenvalue weighted by Crippen LogP contribution is -2.48. The molecule has 5 heteroatoms. The number of likely N-dealkylation sites (N-methyl/N-ethyl adjacent to an activating group) is 1. The van der Waals surface area contributed by atoms with Crippen LogP contribution in [-0.2, 0) is 11.2 Å². The Balaban J connectivity index is 1.59. The van der Waals surface area contributed by atoms with Crippen molar-refractivity contribution in [1.29, 1.82) is 0 Å². The summed E-state index contributed by atoms with van der Waals surface area (Å²) in [7, 11) is 1.46. The standard InChI is InChI=1S/C20H29FN2O2/c1-3-22-12-4-6-17(22)18-7-5-13-23(18)20(24)11-9-15-8-10-19(25-2)16(21)14-15/h8,10,14,17-18H,3-7,9,11-13H2,1-2H3/t17-,18+/m1/s1. The maximum absolute atomic E-state index is 13.8. The molecule has 2 fully saturated rings. The summed E-state index contributed by atoms with van der Waals surface area (Å²) in [4.78, 5) is 17.4. The lowest BCUT2D eigenvalue weighted by atomic mass is 10.0. The van der Waals surface area contributed by atoms with Gasteiger partial charge in [-0.1, -0.05) is 13.0 Å². The first-order valence-electron chi connectivity index (χ1n) is 9.50. The van der Waals surface area contributed by atoms with Gasteiger partial charge < -0.3 is 9.64 Å². The maximum atomic E-state index is 13.8. The Morgan fingerprint density at radius 1 is 1.24 bits per heavy atom. The normalized spacial score (nSPS) is 24.0. The second-order valence-corrected chi connectivity index (χ2v) is 7.10. The number of benzene rings is 1. The van der Waals surface area contributed by atoms with Crippen LogP contribution in [-0.4, -0.2) is 54.5 Å². The predicted octanol–water partition coefficient (Wildman–Crippen LogP) is 3.24. The molecule has 1 aromatic carbocycles. The van der Waals surface area contributed by atoms with Crippen molar-refractivity contribution in [3.8, 4) is 5.75 Å². The monoisotopic (exact) mass is 348 g/mol. The number of hydrogen-bond donors (Lipinski definition) is 0. The molecule has 0 bridgehead atoms. The Kier molecular flexibility index (Phi) is 5.94. The number of methoxy groups -OCH3 is 1. The maximum Gasteiger partial charge on any atom is 0.223 e. The van der Waals surface area contributed by atoms with Gasteiger partial charge in [-0.05, 0) is 62.9 Å². The first-order valence-corrected chi connectivity index (χ1v) is 9.50. The van der Waals surface area contributed by atoms with Crippen LogP contribution in [0.1, 0.15) is 44.6 Å². The Hall–Kier alpha value is -1.62. The van der Waals surface area contributed by atoms with Crippen LogP contribution >= 0.6 is 0 Å². The van der Waals surface area contributed by atoms with Crippen molar-refractivity contribution in [2.24, 2.45) is 0 Å². The van der Waals surface area contributed by atoms with Crippen LogP contribution in [0.2, 0.25) is 0 Å². The van der Waals surface area contributed by atoms with Gasteiger partial charge in [0.05, 0.1) is 7.11 Å². The van der Waals surface area contributed by atoms with Crippen molar-refractivity contribution < 1.29 is 13.9 Å². The van der Waals surface area contributed by atoms with Gasteiger partial charge in [0.25, 0.3) is 0 Å². The second kappa shape index (κ2) is 8.17. The summed E-state index contributed by atoms with van der Waals surface area (Å²) in [6.07, 6.45) is 5.67. The molecule has 3 rings (SSSR count). The van der Waals surface area contributed by atoms with E-state index in [9.17, 15) is 9.18 Å².